The summed E-state index contributed by atoms with van der Waals surface area (Å²) in [6, 6.07) is 7.62. The molecule has 1 heterocycles. The predicted octanol–water partition coefficient (Wildman–Crippen LogP) is 4.96. The van der Waals surface area contributed by atoms with Crippen molar-refractivity contribution in [3.63, 3.8) is 0 Å². The highest BCUT2D eigenvalue weighted by Gasteiger charge is 2.14. The predicted molar refractivity (Wildman–Crippen MR) is 82.6 cm³/mol. The lowest BCUT2D eigenvalue weighted by atomic mass is 10.0. The van der Waals surface area contributed by atoms with Gasteiger partial charge in [0, 0.05) is 14.4 Å². The molecule has 0 aliphatic rings. The maximum absolute atomic E-state index is 11.1. The summed E-state index contributed by atoms with van der Waals surface area (Å²) in [4.78, 5) is 12.6. The molecule has 2 nitrogen and oxygen atoms in total. The summed E-state index contributed by atoms with van der Waals surface area (Å²) >= 11 is 10.7. The molecular weight excluding hydrogens is 348 g/mol. The van der Waals surface area contributed by atoms with E-state index in [0.717, 1.165) is 26.9 Å². The number of carbonyl (C=O) groups is 1. The fourth-order valence-corrected chi connectivity index (χ4v) is 3.71. The first kappa shape index (κ1) is 14.6. The van der Waals surface area contributed by atoms with Crippen molar-refractivity contribution in [2.75, 3.05) is 0 Å². The lowest BCUT2D eigenvalue weighted by Crippen LogP contribution is -1.99. The second kappa shape index (κ2) is 6.07. The standard InChI is InChI=1S/C14H12BrClO2S/c1-8-6-10(13(19-8)14(17)18)3-2-9-4-5-11(16)7-12(9)15/h4-7H,2-3H2,1H3,(H,17,18). The molecule has 2 aromatic rings. The second-order valence-electron chi connectivity index (χ2n) is 4.25. The van der Waals surface area contributed by atoms with Crippen LogP contribution in [-0.4, -0.2) is 11.1 Å². The summed E-state index contributed by atoms with van der Waals surface area (Å²) < 4.78 is 0.962. The molecule has 0 bridgehead atoms. The van der Waals surface area contributed by atoms with Crippen LogP contribution >= 0.6 is 38.9 Å². The van der Waals surface area contributed by atoms with Gasteiger partial charge in [-0.05, 0) is 49.1 Å². The lowest BCUT2D eigenvalue weighted by Gasteiger charge is -2.05. The van der Waals surface area contributed by atoms with Crippen molar-refractivity contribution < 1.29 is 9.90 Å². The smallest absolute Gasteiger partial charge is 0.346 e. The number of carboxylic acids is 1. The Labute approximate surface area is 129 Å². The highest BCUT2D eigenvalue weighted by atomic mass is 79.9. The van der Waals surface area contributed by atoms with Crippen molar-refractivity contribution >= 4 is 44.8 Å². The van der Waals surface area contributed by atoms with Crippen LogP contribution in [0, 0.1) is 6.92 Å². The monoisotopic (exact) mass is 358 g/mol. The molecule has 19 heavy (non-hydrogen) atoms. The van der Waals surface area contributed by atoms with E-state index in [0.29, 0.717) is 16.3 Å². The van der Waals surface area contributed by atoms with Crippen molar-refractivity contribution in [3.05, 3.63) is 54.6 Å². The molecule has 0 unspecified atom stereocenters. The molecule has 0 saturated heterocycles. The second-order valence-corrected chi connectivity index (χ2v) is 6.80. The zero-order valence-corrected chi connectivity index (χ0v) is 13.4. The molecule has 100 valence electrons. The Balaban J connectivity index is 2.16. The van der Waals surface area contributed by atoms with Gasteiger partial charge in [-0.2, -0.15) is 0 Å². The SMILES string of the molecule is Cc1cc(CCc2ccc(Cl)cc2Br)c(C(=O)O)s1. The van der Waals surface area contributed by atoms with Crippen LogP contribution in [0.3, 0.4) is 0 Å². The Morgan fingerprint density at radius 2 is 2.00 bits per heavy atom. The van der Waals surface area contributed by atoms with E-state index < -0.39 is 5.97 Å². The van der Waals surface area contributed by atoms with Gasteiger partial charge >= 0.3 is 5.97 Å². The third kappa shape index (κ3) is 3.59. The van der Waals surface area contributed by atoms with Crippen LogP contribution in [0.1, 0.15) is 25.7 Å². The molecule has 0 radical (unpaired) electrons. The van der Waals surface area contributed by atoms with Crippen molar-refractivity contribution in [2.45, 2.75) is 19.8 Å². The molecule has 0 atom stereocenters. The molecule has 0 spiro atoms. The molecular formula is C14H12BrClO2S. The van der Waals surface area contributed by atoms with Crippen molar-refractivity contribution in [1.29, 1.82) is 0 Å². The number of rotatable bonds is 4. The maximum atomic E-state index is 11.1. The first-order valence-corrected chi connectivity index (χ1v) is 7.72. The molecule has 0 saturated carbocycles. The summed E-state index contributed by atoms with van der Waals surface area (Å²) in [6.07, 6.45) is 1.50. The average molecular weight is 360 g/mol. The molecule has 1 N–H and O–H groups in total. The molecule has 0 aliphatic heterocycles. The van der Waals surface area contributed by atoms with E-state index in [-0.39, 0.29) is 0 Å². The fourth-order valence-electron chi connectivity index (χ4n) is 1.93. The molecule has 0 aliphatic carbocycles. The first-order valence-electron chi connectivity index (χ1n) is 5.74. The Morgan fingerprint density at radius 3 is 2.63 bits per heavy atom. The summed E-state index contributed by atoms with van der Waals surface area (Å²) in [6.45, 7) is 1.93. The highest BCUT2D eigenvalue weighted by molar-refractivity contribution is 9.10. The first-order chi connectivity index (χ1) is 8.97. The van der Waals surface area contributed by atoms with E-state index >= 15 is 0 Å². The molecule has 1 aromatic carbocycles. The Kier molecular flexibility index (Phi) is 4.66. The van der Waals surface area contributed by atoms with E-state index in [1.54, 1.807) is 0 Å². The largest absolute Gasteiger partial charge is 0.477 e. The van der Waals surface area contributed by atoms with Crippen LogP contribution in [0.4, 0.5) is 0 Å². The number of halogens is 2. The summed E-state index contributed by atoms with van der Waals surface area (Å²) in [5.41, 5.74) is 2.03. The Bertz CT molecular complexity index is 622. The maximum Gasteiger partial charge on any atom is 0.346 e. The fraction of sp³-hybridized carbons (Fsp3) is 0.214. The van der Waals surface area contributed by atoms with Gasteiger partial charge in [0.15, 0.2) is 0 Å². The highest BCUT2D eigenvalue weighted by Crippen LogP contribution is 2.26. The molecule has 5 heteroatoms. The van der Waals surface area contributed by atoms with Gasteiger partial charge in [0.05, 0.1) is 0 Å². The van der Waals surface area contributed by atoms with Crippen LogP contribution in [0.25, 0.3) is 0 Å². The van der Waals surface area contributed by atoms with Crippen molar-refractivity contribution in [2.24, 2.45) is 0 Å². The van der Waals surface area contributed by atoms with Gasteiger partial charge in [0.2, 0.25) is 0 Å². The lowest BCUT2D eigenvalue weighted by molar-refractivity contribution is 0.0701. The van der Waals surface area contributed by atoms with E-state index in [9.17, 15) is 4.79 Å². The van der Waals surface area contributed by atoms with Gasteiger partial charge in [0.25, 0.3) is 0 Å². The average Bonchev–Trinajstić information content (AvgIpc) is 2.69. The minimum Gasteiger partial charge on any atom is -0.477 e. The third-order valence-electron chi connectivity index (χ3n) is 2.81. The minimum absolute atomic E-state index is 0.447. The topological polar surface area (TPSA) is 37.3 Å². The van der Waals surface area contributed by atoms with Gasteiger partial charge in [-0.1, -0.05) is 33.6 Å². The van der Waals surface area contributed by atoms with Crippen molar-refractivity contribution in [3.8, 4) is 0 Å². The third-order valence-corrected chi connectivity index (χ3v) is 4.86. The molecule has 2 rings (SSSR count). The normalized spacial score (nSPS) is 10.7. The molecule has 0 amide bonds. The van der Waals surface area contributed by atoms with Gasteiger partial charge in [-0.3, -0.25) is 0 Å². The molecule has 1 aromatic heterocycles. The van der Waals surface area contributed by atoms with E-state index in [2.05, 4.69) is 15.9 Å². The van der Waals surface area contributed by atoms with Gasteiger partial charge < -0.3 is 5.11 Å². The number of hydrogen-bond donors (Lipinski definition) is 1. The number of hydrogen-bond acceptors (Lipinski definition) is 2. The van der Waals surface area contributed by atoms with Gasteiger partial charge in [-0.25, -0.2) is 4.79 Å². The van der Waals surface area contributed by atoms with Gasteiger partial charge in [0.1, 0.15) is 4.88 Å². The minimum atomic E-state index is -0.844. The zero-order chi connectivity index (χ0) is 14.0. The number of benzene rings is 1. The molecule has 0 fully saturated rings. The zero-order valence-electron chi connectivity index (χ0n) is 10.2. The summed E-state index contributed by atoms with van der Waals surface area (Å²) in [5.74, 6) is -0.844. The van der Waals surface area contributed by atoms with Crippen LogP contribution in [0.2, 0.25) is 5.02 Å². The quantitative estimate of drug-likeness (QED) is 0.838. The van der Waals surface area contributed by atoms with E-state index in [1.165, 1.54) is 11.3 Å². The number of thiophene rings is 1. The van der Waals surface area contributed by atoms with Crippen LogP contribution < -0.4 is 0 Å². The van der Waals surface area contributed by atoms with E-state index in [4.69, 9.17) is 16.7 Å². The van der Waals surface area contributed by atoms with Crippen LogP contribution in [-0.2, 0) is 12.8 Å². The summed E-state index contributed by atoms with van der Waals surface area (Å²) in [7, 11) is 0. The number of aryl methyl sites for hydroxylation is 3. The number of aromatic carboxylic acids is 1. The number of carboxylic acid groups (broad SMARTS) is 1. The van der Waals surface area contributed by atoms with Gasteiger partial charge in [-0.15, -0.1) is 11.3 Å². The Morgan fingerprint density at radius 1 is 1.32 bits per heavy atom. The summed E-state index contributed by atoms with van der Waals surface area (Å²) in [5, 5.41) is 9.84. The van der Waals surface area contributed by atoms with Crippen molar-refractivity contribution in [1.82, 2.24) is 0 Å². The van der Waals surface area contributed by atoms with Crippen LogP contribution in [0.15, 0.2) is 28.7 Å². The van der Waals surface area contributed by atoms with E-state index in [1.807, 2.05) is 31.2 Å². The Hall–Kier alpha value is -0.840. The van der Waals surface area contributed by atoms with Crippen LogP contribution in [0.5, 0.6) is 0 Å².